The molecule has 284 valence electrons. The zero-order valence-corrected chi connectivity index (χ0v) is 32.9. The van der Waals surface area contributed by atoms with Crippen LogP contribution in [0.1, 0.15) is 25.7 Å². The maximum Gasteiger partial charge on any atom is 0.178 e. The van der Waals surface area contributed by atoms with Gasteiger partial charge in [0.2, 0.25) is 0 Å². The Morgan fingerprint density at radius 3 is 1.63 bits per heavy atom. The number of hydrogen-bond donors (Lipinski definition) is 5. The second-order valence-electron chi connectivity index (χ2n) is 13.8. The lowest BCUT2D eigenvalue weighted by Gasteiger charge is -2.28. The molecule has 15 heteroatoms. The molecule has 5 N–H and O–H groups in total. The number of pyridine rings is 2. The van der Waals surface area contributed by atoms with Crippen LogP contribution in [0.2, 0.25) is 0 Å². The smallest absolute Gasteiger partial charge is 0.178 e. The summed E-state index contributed by atoms with van der Waals surface area (Å²) in [6, 6.07) is 19.2. The van der Waals surface area contributed by atoms with Gasteiger partial charge < -0.3 is 39.7 Å². The minimum absolute atomic E-state index is 0.217. The summed E-state index contributed by atoms with van der Waals surface area (Å²) in [5, 5.41) is 29.9. The fourth-order valence-corrected chi connectivity index (χ4v) is 7.31. The molecule has 54 heavy (non-hydrogen) atoms. The van der Waals surface area contributed by atoms with Crippen LogP contribution >= 0.6 is 31.9 Å². The van der Waals surface area contributed by atoms with E-state index in [1.165, 1.54) is 19.3 Å². The number of imidazole rings is 2. The minimum Gasteiger partial charge on any atom is -0.491 e. The zero-order chi connectivity index (χ0) is 37.4. The number of nitrogens with zero attached hydrogens (tertiary/aromatic N) is 6. The molecular weight excluding hydrogens is 820 g/mol. The van der Waals surface area contributed by atoms with Crippen LogP contribution in [-0.4, -0.2) is 126 Å². The van der Waals surface area contributed by atoms with Crippen molar-refractivity contribution in [3.8, 4) is 34.3 Å². The quantitative estimate of drug-likeness (QED) is 0.101. The highest BCUT2D eigenvalue weighted by atomic mass is 79.9. The summed E-state index contributed by atoms with van der Waals surface area (Å²) in [5.74, 6) is 2.95. The number of nitrogens with one attached hydrogen (secondary N) is 2. The van der Waals surface area contributed by atoms with E-state index in [0.29, 0.717) is 43.3 Å². The number of halogens is 2. The Bertz CT molecular complexity index is 1970. The third kappa shape index (κ3) is 10.4. The van der Waals surface area contributed by atoms with Crippen LogP contribution in [0.4, 0.5) is 0 Å². The molecule has 2 fully saturated rings. The molecule has 2 aliphatic rings. The monoisotopic (exact) mass is 862 g/mol. The van der Waals surface area contributed by atoms with E-state index < -0.39 is 12.2 Å². The first-order valence-electron chi connectivity index (χ1n) is 18.2. The Kier molecular flexibility index (Phi) is 12.9. The fourth-order valence-electron chi connectivity index (χ4n) is 6.65. The number of hydrogen-bond acceptors (Lipinski definition) is 11. The highest BCUT2D eigenvalue weighted by Gasteiger charge is 2.22. The van der Waals surface area contributed by atoms with Gasteiger partial charge in [-0.2, -0.15) is 0 Å². The van der Waals surface area contributed by atoms with Crippen molar-refractivity contribution in [2.24, 2.45) is 0 Å². The summed E-state index contributed by atoms with van der Waals surface area (Å²) in [5.41, 5.74) is 5.02. The van der Waals surface area contributed by atoms with E-state index >= 15 is 0 Å². The summed E-state index contributed by atoms with van der Waals surface area (Å²) in [6.07, 6.45) is 6.64. The number of likely N-dealkylation sites (tertiary alicyclic amines) is 2. The molecule has 8 rings (SSSR count). The van der Waals surface area contributed by atoms with Crippen LogP contribution in [-0.2, 0) is 0 Å². The molecule has 2 aromatic carbocycles. The van der Waals surface area contributed by atoms with Crippen molar-refractivity contribution in [1.82, 2.24) is 39.7 Å². The van der Waals surface area contributed by atoms with Crippen molar-refractivity contribution < 1.29 is 24.8 Å². The molecule has 6 heterocycles. The lowest BCUT2D eigenvalue weighted by molar-refractivity contribution is 0.0617. The number of rotatable bonds is 12. The Morgan fingerprint density at radius 2 is 1.17 bits per heavy atom. The number of piperidine rings is 1. The highest BCUT2D eigenvalue weighted by molar-refractivity contribution is 9.10. The van der Waals surface area contributed by atoms with E-state index in [9.17, 15) is 15.3 Å². The third-order valence-corrected chi connectivity index (χ3v) is 10.2. The molecule has 0 aliphatic carbocycles. The van der Waals surface area contributed by atoms with E-state index in [0.717, 1.165) is 74.6 Å². The molecule has 0 bridgehead atoms. The van der Waals surface area contributed by atoms with Crippen molar-refractivity contribution in [3.05, 3.63) is 82.0 Å². The molecular formula is C39H44Br2N8O5. The lowest BCUT2D eigenvalue weighted by Crippen LogP contribution is -2.38. The number of ether oxygens (including phenoxy) is 2. The first kappa shape index (κ1) is 38.3. The van der Waals surface area contributed by atoms with Crippen LogP contribution < -0.4 is 9.47 Å². The zero-order valence-electron chi connectivity index (χ0n) is 29.7. The van der Waals surface area contributed by atoms with Crippen molar-refractivity contribution in [2.45, 2.75) is 44.0 Å². The first-order valence-corrected chi connectivity index (χ1v) is 19.8. The number of aromatic nitrogens is 6. The number of β-amino-alcohol motifs (C(OH)–C–C–N with tert-alkyl or cyclic N) is 3. The van der Waals surface area contributed by atoms with E-state index in [2.05, 4.69) is 71.6 Å². The number of benzene rings is 2. The Balaban J connectivity index is 0.000000167. The van der Waals surface area contributed by atoms with Gasteiger partial charge in [-0.05, 0) is 125 Å². The third-order valence-electron chi connectivity index (χ3n) is 9.38. The molecule has 2 aliphatic heterocycles. The number of H-pyrrole nitrogens is 2. The summed E-state index contributed by atoms with van der Waals surface area (Å²) in [4.78, 5) is 28.5. The van der Waals surface area contributed by atoms with E-state index in [1.807, 2.05) is 60.7 Å². The average molecular weight is 865 g/mol. The largest absolute Gasteiger partial charge is 0.491 e. The number of aliphatic hydroxyl groups excluding tert-OH is 3. The van der Waals surface area contributed by atoms with Crippen molar-refractivity contribution >= 4 is 54.2 Å². The second kappa shape index (κ2) is 18.1. The number of aliphatic hydroxyl groups is 3. The Morgan fingerprint density at radius 1 is 0.685 bits per heavy atom. The topological polar surface area (TPSA) is 169 Å². The molecule has 2 saturated heterocycles. The van der Waals surface area contributed by atoms with Gasteiger partial charge in [0.15, 0.2) is 11.3 Å². The van der Waals surface area contributed by atoms with Gasteiger partial charge in [-0.3, -0.25) is 4.90 Å². The Hall–Kier alpha value is -3.96. The van der Waals surface area contributed by atoms with Crippen molar-refractivity contribution in [3.63, 3.8) is 0 Å². The predicted molar refractivity (Wildman–Crippen MR) is 214 cm³/mol. The van der Waals surface area contributed by atoms with E-state index in [1.54, 1.807) is 12.4 Å². The maximum atomic E-state index is 10.2. The fraction of sp³-hybridized carbons (Fsp3) is 0.385. The normalized spacial score (nSPS) is 17.7. The van der Waals surface area contributed by atoms with Crippen molar-refractivity contribution in [2.75, 3.05) is 52.5 Å². The molecule has 0 amide bonds. The van der Waals surface area contributed by atoms with Gasteiger partial charge in [0, 0.05) is 58.6 Å². The molecule has 0 saturated carbocycles. The molecule has 6 aromatic rings. The van der Waals surface area contributed by atoms with Crippen LogP contribution in [0.25, 0.3) is 45.1 Å². The second-order valence-corrected chi connectivity index (χ2v) is 15.6. The standard InChI is InChI=1S/C20H23BrN4O2.C19H21BrN4O3/c21-15-10-18-20(22-11-15)24-19(23-18)14-4-6-17(7-5-14)27-13-16(26)12-25-8-2-1-3-9-25;20-13-7-17-19(21-8-13)23-18(22-17)12-1-3-16(4-2-12)27-11-15(26)10-24-6-5-14(25)9-24/h4-7,10-11,16,26H,1-3,8-9,12-13H2,(H,22,23,24);1-4,7-8,14-15,25-26H,5-6,9-11H2,(H,21,22,23). The minimum atomic E-state index is -0.588. The van der Waals surface area contributed by atoms with Gasteiger partial charge >= 0.3 is 0 Å². The SMILES string of the molecule is OC(COc1ccc(-c2nc3ncc(Br)cc3[nH]2)cc1)CN1CCCCC1.OC1CCN(CC(O)COc2ccc(-c3nc4ncc(Br)cc4[nH]3)cc2)C1. The van der Waals surface area contributed by atoms with Gasteiger partial charge in [-0.25, -0.2) is 19.9 Å². The van der Waals surface area contributed by atoms with Crippen LogP contribution in [0, 0.1) is 0 Å². The molecule has 13 nitrogen and oxygen atoms in total. The number of aromatic amines is 2. The maximum absolute atomic E-state index is 10.2. The summed E-state index contributed by atoms with van der Waals surface area (Å²) < 4.78 is 13.2. The van der Waals surface area contributed by atoms with Crippen LogP contribution in [0.15, 0.2) is 82.0 Å². The lowest BCUT2D eigenvalue weighted by atomic mass is 10.1. The molecule has 0 spiro atoms. The Labute approximate surface area is 330 Å². The van der Waals surface area contributed by atoms with Gasteiger partial charge in [0.25, 0.3) is 0 Å². The van der Waals surface area contributed by atoms with Crippen molar-refractivity contribution in [1.29, 1.82) is 0 Å². The van der Waals surface area contributed by atoms with Gasteiger partial charge in [0.05, 0.1) is 17.1 Å². The van der Waals surface area contributed by atoms with E-state index in [4.69, 9.17) is 9.47 Å². The molecule has 4 aromatic heterocycles. The first-order chi connectivity index (χ1) is 26.2. The number of fused-ring (bicyclic) bond motifs is 2. The van der Waals surface area contributed by atoms with Crippen LogP contribution in [0.3, 0.4) is 0 Å². The summed E-state index contributed by atoms with van der Waals surface area (Å²) >= 11 is 6.82. The average Bonchev–Trinajstić information content (AvgIpc) is 3.92. The van der Waals surface area contributed by atoms with Gasteiger partial charge in [0.1, 0.15) is 48.6 Å². The molecule has 3 unspecified atom stereocenters. The van der Waals surface area contributed by atoms with Gasteiger partial charge in [-0.1, -0.05) is 6.42 Å². The predicted octanol–water partition coefficient (Wildman–Crippen LogP) is 5.81. The van der Waals surface area contributed by atoms with Crippen LogP contribution in [0.5, 0.6) is 11.5 Å². The molecule has 3 atom stereocenters. The highest BCUT2D eigenvalue weighted by Crippen LogP contribution is 2.25. The summed E-state index contributed by atoms with van der Waals surface area (Å²) in [7, 11) is 0. The van der Waals surface area contributed by atoms with Gasteiger partial charge in [-0.15, -0.1) is 0 Å². The van der Waals surface area contributed by atoms with E-state index in [-0.39, 0.29) is 12.7 Å². The molecule has 0 radical (unpaired) electrons. The summed E-state index contributed by atoms with van der Waals surface area (Å²) in [6.45, 7) is 5.30.